The first-order chi connectivity index (χ1) is 12.7. The van der Waals surface area contributed by atoms with Gasteiger partial charge >= 0.3 is 11.9 Å². The molecule has 1 N–H and O–H groups in total. The van der Waals surface area contributed by atoms with Gasteiger partial charge in [0, 0.05) is 0 Å². The fourth-order valence-electron chi connectivity index (χ4n) is 2.63. The minimum absolute atomic E-state index is 0.105. The number of esters is 1. The predicted octanol–water partition coefficient (Wildman–Crippen LogP) is 4.31. The molecule has 0 aromatic heterocycles. The number of rotatable bonds is 6. The van der Waals surface area contributed by atoms with E-state index >= 15 is 0 Å². The Labute approximate surface area is 159 Å². The Morgan fingerprint density at radius 2 is 1.48 bits per heavy atom. The molecule has 0 radical (unpaired) electrons. The summed E-state index contributed by atoms with van der Waals surface area (Å²) in [4.78, 5) is 24.3. The smallest absolute Gasteiger partial charge is 0.335 e. The number of ether oxygens (including phenoxy) is 2. The number of hydrogen-bond acceptors (Lipinski definition) is 4. The predicted molar refractivity (Wildman–Crippen MR) is 104 cm³/mol. The third-order valence-corrected chi connectivity index (χ3v) is 3.72. The van der Waals surface area contributed by atoms with Gasteiger partial charge in [-0.1, -0.05) is 42.5 Å². The van der Waals surface area contributed by atoms with Crippen molar-refractivity contribution in [2.45, 2.75) is 32.8 Å². The average molecular weight is 368 g/mol. The van der Waals surface area contributed by atoms with Crippen LogP contribution in [0.1, 0.15) is 38.3 Å². The lowest BCUT2D eigenvalue weighted by atomic mass is 9.91. The van der Waals surface area contributed by atoms with Gasteiger partial charge in [-0.25, -0.2) is 4.79 Å². The van der Waals surface area contributed by atoms with Crippen LogP contribution in [-0.2, 0) is 14.3 Å². The van der Waals surface area contributed by atoms with Gasteiger partial charge in [0.2, 0.25) is 0 Å². The summed E-state index contributed by atoms with van der Waals surface area (Å²) >= 11 is 0. The molecule has 2 aromatic rings. The van der Waals surface area contributed by atoms with Crippen molar-refractivity contribution in [3.8, 4) is 5.75 Å². The van der Waals surface area contributed by atoms with Crippen LogP contribution in [0.5, 0.6) is 5.75 Å². The Hall–Kier alpha value is -3.08. The highest BCUT2D eigenvalue weighted by Gasteiger charge is 2.26. The molecule has 2 aromatic carbocycles. The third-order valence-electron chi connectivity index (χ3n) is 3.72. The van der Waals surface area contributed by atoms with Crippen molar-refractivity contribution < 1.29 is 24.2 Å². The Morgan fingerprint density at radius 3 is 1.96 bits per heavy atom. The highest BCUT2D eigenvalue weighted by molar-refractivity contribution is 6.05. The van der Waals surface area contributed by atoms with Crippen molar-refractivity contribution in [2.24, 2.45) is 0 Å². The van der Waals surface area contributed by atoms with Gasteiger partial charge in [-0.05, 0) is 49.6 Å². The quantitative estimate of drug-likeness (QED) is 0.607. The second-order valence-electron chi connectivity index (χ2n) is 7.02. The zero-order chi connectivity index (χ0) is 20.0. The fraction of sp³-hybridized carbons (Fsp3) is 0.273. The number of methoxy groups -OCH3 is 1. The summed E-state index contributed by atoms with van der Waals surface area (Å²) in [5.74, 6) is -1.07. The van der Waals surface area contributed by atoms with Gasteiger partial charge in [-0.15, -0.1) is 0 Å². The molecule has 0 aliphatic rings. The van der Waals surface area contributed by atoms with Gasteiger partial charge in [0.1, 0.15) is 11.4 Å². The van der Waals surface area contributed by atoms with Crippen LogP contribution in [-0.4, -0.2) is 29.8 Å². The highest BCUT2D eigenvalue weighted by Crippen LogP contribution is 2.31. The first-order valence-corrected chi connectivity index (χ1v) is 8.59. The molecule has 0 fully saturated rings. The fourth-order valence-corrected chi connectivity index (χ4v) is 2.63. The zero-order valence-electron chi connectivity index (χ0n) is 16.0. The van der Waals surface area contributed by atoms with E-state index in [1.165, 1.54) is 0 Å². The number of aliphatic carboxylic acids is 1. The van der Waals surface area contributed by atoms with Crippen LogP contribution in [0.3, 0.4) is 0 Å². The van der Waals surface area contributed by atoms with Crippen LogP contribution in [0, 0.1) is 0 Å². The molecule has 0 amide bonds. The maximum atomic E-state index is 12.8. The minimum atomic E-state index is -1.10. The van der Waals surface area contributed by atoms with E-state index in [2.05, 4.69) is 0 Å². The first kappa shape index (κ1) is 20.2. The summed E-state index contributed by atoms with van der Waals surface area (Å²) in [5, 5.41) is 9.39. The molecular formula is C22H24O5. The van der Waals surface area contributed by atoms with Crippen LogP contribution in [0.15, 0.2) is 60.2 Å². The topological polar surface area (TPSA) is 72.8 Å². The number of carbonyl (C=O) groups excluding carboxylic acids is 1. The molecule has 5 heteroatoms. The van der Waals surface area contributed by atoms with E-state index in [4.69, 9.17) is 9.47 Å². The van der Waals surface area contributed by atoms with Gasteiger partial charge < -0.3 is 14.6 Å². The highest BCUT2D eigenvalue weighted by atomic mass is 16.6. The SMILES string of the molecule is COc1ccc(C(=C(CC(=O)O)C(=O)OC(C)(C)C)c2ccccc2)cc1. The van der Waals surface area contributed by atoms with Gasteiger partial charge in [0.25, 0.3) is 0 Å². The summed E-state index contributed by atoms with van der Waals surface area (Å²) in [6.07, 6.45) is -0.439. The van der Waals surface area contributed by atoms with Gasteiger partial charge in [-0.2, -0.15) is 0 Å². The molecule has 0 spiro atoms. The van der Waals surface area contributed by atoms with Crippen molar-refractivity contribution in [1.29, 1.82) is 0 Å². The van der Waals surface area contributed by atoms with Crippen LogP contribution in [0.25, 0.3) is 5.57 Å². The molecule has 0 bridgehead atoms. The van der Waals surface area contributed by atoms with Crippen LogP contribution in [0.4, 0.5) is 0 Å². The molecule has 0 saturated carbocycles. The molecule has 2 rings (SSSR count). The van der Waals surface area contributed by atoms with E-state index in [0.717, 1.165) is 5.56 Å². The summed E-state index contributed by atoms with van der Waals surface area (Å²) in [5.41, 5.74) is 1.36. The van der Waals surface area contributed by atoms with E-state index in [1.807, 2.05) is 30.3 Å². The van der Waals surface area contributed by atoms with Crippen molar-refractivity contribution in [3.05, 3.63) is 71.3 Å². The summed E-state index contributed by atoms with van der Waals surface area (Å²) in [6.45, 7) is 5.25. The number of hydrogen-bond donors (Lipinski definition) is 1. The molecular weight excluding hydrogens is 344 g/mol. The van der Waals surface area contributed by atoms with Gasteiger partial charge in [0.15, 0.2) is 0 Å². The number of carboxylic acids is 1. The number of benzene rings is 2. The van der Waals surface area contributed by atoms with Crippen molar-refractivity contribution in [2.75, 3.05) is 7.11 Å². The Bertz CT molecular complexity index is 827. The van der Waals surface area contributed by atoms with E-state index in [0.29, 0.717) is 16.9 Å². The Balaban J connectivity index is 2.69. The molecule has 0 atom stereocenters. The Morgan fingerprint density at radius 1 is 0.926 bits per heavy atom. The van der Waals surface area contributed by atoms with Crippen LogP contribution >= 0.6 is 0 Å². The number of carboxylic acid groups (broad SMARTS) is 1. The summed E-state index contributed by atoms with van der Waals surface area (Å²) in [7, 11) is 1.57. The second kappa shape index (κ2) is 8.54. The Kier molecular flexibility index (Phi) is 6.40. The standard InChI is InChI=1S/C22H24O5/c1-22(2,3)27-21(25)18(14-19(23)24)20(15-8-6-5-7-9-15)16-10-12-17(26-4)13-11-16/h5-13H,14H2,1-4H3,(H,23,24). The van der Waals surface area contributed by atoms with Gasteiger partial charge in [-0.3, -0.25) is 4.79 Å². The molecule has 0 unspecified atom stereocenters. The van der Waals surface area contributed by atoms with E-state index in [1.54, 1.807) is 52.1 Å². The molecule has 5 nitrogen and oxygen atoms in total. The maximum Gasteiger partial charge on any atom is 0.335 e. The van der Waals surface area contributed by atoms with Gasteiger partial charge in [0.05, 0.1) is 19.1 Å². The van der Waals surface area contributed by atoms with Crippen molar-refractivity contribution in [1.82, 2.24) is 0 Å². The van der Waals surface area contributed by atoms with E-state index < -0.39 is 24.0 Å². The summed E-state index contributed by atoms with van der Waals surface area (Å²) in [6, 6.07) is 16.4. The first-order valence-electron chi connectivity index (χ1n) is 8.59. The zero-order valence-corrected chi connectivity index (χ0v) is 16.0. The lowest BCUT2D eigenvalue weighted by Gasteiger charge is -2.22. The molecule has 0 aliphatic heterocycles. The van der Waals surface area contributed by atoms with E-state index in [9.17, 15) is 14.7 Å². The molecule has 27 heavy (non-hydrogen) atoms. The van der Waals surface area contributed by atoms with E-state index in [-0.39, 0.29) is 5.57 Å². The number of carbonyl (C=O) groups is 2. The lowest BCUT2D eigenvalue weighted by Crippen LogP contribution is -2.26. The molecule has 142 valence electrons. The second-order valence-corrected chi connectivity index (χ2v) is 7.02. The minimum Gasteiger partial charge on any atom is -0.497 e. The maximum absolute atomic E-state index is 12.8. The van der Waals surface area contributed by atoms with Crippen LogP contribution < -0.4 is 4.74 Å². The molecule has 0 heterocycles. The average Bonchev–Trinajstić information content (AvgIpc) is 2.61. The monoisotopic (exact) mass is 368 g/mol. The summed E-state index contributed by atoms with van der Waals surface area (Å²) < 4.78 is 10.7. The van der Waals surface area contributed by atoms with Crippen molar-refractivity contribution >= 4 is 17.5 Å². The molecule has 0 aliphatic carbocycles. The normalized spacial score (nSPS) is 12.1. The molecule has 0 saturated heterocycles. The van der Waals surface area contributed by atoms with Crippen LogP contribution in [0.2, 0.25) is 0 Å². The largest absolute Gasteiger partial charge is 0.497 e. The van der Waals surface area contributed by atoms with Crippen molar-refractivity contribution in [3.63, 3.8) is 0 Å². The lowest BCUT2D eigenvalue weighted by molar-refractivity contribution is -0.151. The third kappa shape index (κ3) is 5.71.